The predicted molar refractivity (Wildman–Crippen MR) is 49.8 cm³/mol. The molecule has 0 atom stereocenters. The third-order valence-electron chi connectivity index (χ3n) is 0.565. The summed E-state index contributed by atoms with van der Waals surface area (Å²) in [6.07, 6.45) is 0. The van der Waals surface area contributed by atoms with Crippen LogP contribution in [0.3, 0.4) is 0 Å². The molecule has 0 amide bonds. The highest BCUT2D eigenvalue weighted by molar-refractivity contribution is 14.1. The minimum Gasteiger partial charge on any atom is -0.477 e. The molecular weight excluding hydrogens is 350 g/mol. The van der Waals surface area contributed by atoms with Gasteiger partial charge in [-0.3, -0.25) is 0 Å². The van der Waals surface area contributed by atoms with Crippen molar-refractivity contribution in [3.8, 4) is 0 Å². The molecule has 0 aromatic carbocycles. The molecule has 0 aliphatic carbocycles. The van der Waals surface area contributed by atoms with E-state index in [1.807, 2.05) is 0 Å². The van der Waals surface area contributed by atoms with E-state index in [4.69, 9.17) is 10.2 Å². The molecule has 0 fully saturated rings. The SMILES string of the molecule is O=C(O)C(I)=C(I)CO. The Kier molecular flexibility index (Phi) is 4.76. The largest absolute Gasteiger partial charge is 0.477 e. The van der Waals surface area contributed by atoms with E-state index < -0.39 is 5.97 Å². The van der Waals surface area contributed by atoms with Crippen LogP contribution in [0, 0.1) is 0 Å². The summed E-state index contributed by atoms with van der Waals surface area (Å²) in [5.41, 5.74) is 0. The Morgan fingerprint density at radius 1 is 1.44 bits per heavy atom. The van der Waals surface area contributed by atoms with Crippen molar-refractivity contribution in [2.24, 2.45) is 0 Å². The fraction of sp³-hybridized carbons (Fsp3) is 0.250. The normalized spacial score (nSPS) is 12.8. The highest BCUT2D eigenvalue weighted by Gasteiger charge is 2.06. The van der Waals surface area contributed by atoms with Gasteiger partial charge in [0.05, 0.1) is 6.61 Å². The summed E-state index contributed by atoms with van der Waals surface area (Å²) in [6.45, 7) is -0.203. The highest BCUT2D eigenvalue weighted by atomic mass is 127. The van der Waals surface area contributed by atoms with E-state index in [1.165, 1.54) is 0 Å². The summed E-state index contributed by atoms with van der Waals surface area (Å²) in [7, 11) is 0. The summed E-state index contributed by atoms with van der Waals surface area (Å²) in [5, 5.41) is 16.7. The fourth-order valence-electron chi connectivity index (χ4n) is 0.185. The van der Waals surface area contributed by atoms with Gasteiger partial charge in [-0.2, -0.15) is 0 Å². The quantitative estimate of drug-likeness (QED) is 0.578. The van der Waals surface area contributed by atoms with Gasteiger partial charge in [0.1, 0.15) is 3.58 Å². The van der Waals surface area contributed by atoms with Crippen LogP contribution in [-0.4, -0.2) is 22.8 Å². The first-order chi connectivity index (χ1) is 4.09. The molecule has 0 saturated carbocycles. The fourth-order valence-corrected chi connectivity index (χ4v) is 0.587. The molecule has 0 rings (SSSR count). The molecule has 0 radical (unpaired) electrons. The van der Waals surface area contributed by atoms with Gasteiger partial charge in [-0.25, -0.2) is 4.79 Å². The maximum absolute atomic E-state index is 10.1. The number of aliphatic hydroxyl groups is 1. The lowest BCUT2D eigenvalue weighted by Crippen LogP contribution is -1.97. The van der Waals surface area contributed by atoms with Crippen molar-refractivity contribution in [2.45, 2.75) is 0 Å². The number of carbonyl (C=O) groups is 1. The van der Waals surface area contributed by atoms with Crippen molar-refractivity contribution in [2.75, 3.05) is 6.61 Å². The zero-order valence-corrected chi connectivity index (χ0v) is 8.58. The Hall–Kier alpha value is 0.630. The van der Waals surface area contributed by atoms with Crippen LogP contribution >= 0.6 is 45.2 Å². The number of halogens is 2. The van der Waals surface area contributed by atoms with Gasteiger partial charge < -0.3 is 10.2 Å². The summed E-state index contributed by atoms with van der Waals surface area (Å²) in [6, 6.07) is 0. The number of hydrogen-bond donors (Lipinski definition) is 2. The van der Waals surface area contributed by atoms with E-state index in [-0.39, 0.29) is 10.2 Å². The number of aliphatic hydroxyl groups excluding tert-OH is 1. The van der Waals surface area contributed by atoms with Crippen molar-refractivity contribution < 1.29 is 15.0 Å². The Bertz CT molecular complexity index is 152. The third kappa shape index (κ3) is 3.36. The monoisotopic (exact) mass is 354 g/mol. The molecule has 0 aromatic rings. The lowest BCUT2D eigenvalue weighted by Gasteiger charge is -1.92. The molecule has 9 heavy (non-hydrogen) atoms. The molecule has 0 aliphatic rings. The van der Waals surface area contributed by atoms with E-state index in [0.29, 0.717) is 3.58 Å². The molecule has 0 unspecified atom stereocenters. The number of hydrogen-bond acceptors (Lipinski definition) is 2. The zero-order valence-electron chi connectivity index (χ0n) is 4.27. The number of carboxylic acid groups (broad SMARTS) is 1. The van der Waals surface area contributed by atoms with Crippen LogP contribution in [0.2, 0.25) is 0 Å². The van der Waals surface area contributed by atoms with E-state index >= 15 is 0 Å². The maximum atomic E-state index is 10.1. The zero-order chi connectivity index (χ0) is 7.44. The van der Waals surface area contributed by atoms with Crippen molar-refractivity contribution in [1.29, 1.82) is 0 Å². The molecule has 0 saturated heterocycles. The first kappa shape index (κ1) is 9.63. The first-order valence-corrected chi connectivity index (χ1v) is 4.13. The van der Waals surface area contributed by atoms with Gasteiger partial charge in [0.25, 0.3) is 0 Å². The number of aliphatic carboxylic acids is 1. The van der Waals surface area contributed by atoms with Gasteiger partial charge >= 0.3 is 5.97 Å². The molecule has 3 nitrogen and oxygen atoms in total. The Labute approximate surface area is 79.4 Å². The molecule has 0 aliphatic heterocycles. The second-order valence-electron chi connectivity index (χ2n) is 1.18. The van der Waals surface area contributed by atoms with Gasteiger partial charge in [-0.05, 0) is 45.2 Å². The first-order valence-electron chi connectivity index (χ1n) is 1.98. The highest BCUT2D eigenvalue weighted by Crippen LogP contribution is 2.17. The molecule has 0 aromatic heterocycles. The minimum absolute atomic E-state index is 0.177. The lowest BCUT2D eigenvalue weighted by atomic mass is 10.5. The van der Waals surface area contributed by atoms with Gasteiger partial charge in [0.15, 0.2) is 0 Å². The lowest BCUT2D eigenvalue weighted by molar-refractivity contribution is -0.131. The molecule has 0 bridgehead atoms. The van der Waals surface area contributed by atoms with Crippen LogP contribution in [-0.2, 0) is 4.79 Å². The predicted octanol–water partition coefficient (Wildman–Crippen LogP) is 1.14. The summed E-state index contributed by atoms with van der Waals surface area (Å²) < 4.78 is 0.636. The van der Waals surface area contributed by atoms with Crippen molar-refractivity contribution in [3.63, 3.8) is 0 Å². The smallest absolute Gasteiger partial charge is 0.342 e. The van der Waals surface area contributed by atoms with Crippen LogP contribution < -0.4 is 0 Å². The third-order valence-corrected chi connectivity index (χ3v) is 3.59. The van der Waals surface area contributed by atoms with Crippen LogP contribution in [0.15, 0.2) is 7.16 Å². The van der Waals surface area contributed by atoms with E-state index in [2.05, 4.69) is 0 Å². The maximum Gasteiger partial charge on any atom is 0.342 e. The standard InChI is InChI=1S/C4H4I2O3/c5-2(1-7)3(6)4(8)9/h7H,1H2,(H,8,9). The van der Waals surface area contributed by atoms with E-state index in [1.54, 1.807) is 45.2 Å². The molecule has 52 valence electrons. The van der Waals surface area contributed by atoms with Gasteiger partial charge in [0.2, 0.25) is 0 Å². The molecular formula is C4H4I2O3. The van der Waals surface area contributed by atoms with E-state index in [0.717, 1.165) is 0 Å². The summed E-state index contributed by atoms with van der Waals surface area (Å²) >= 11 is 3.46. The van der Waals surface area contributed by atoms with Gasteiger partial charge in [0, 0.05) is 3.58 Å². The Balaban J connectivity index is 4.28. The van der Waals surface area contributed by atoms with Crippen LogP contribution in [0.4, 0.5) is 0 Å². The van der Waals surface area contributed by atoms with Gasteiger partial charge in [-0.1, -0.05) is 0 Å². The van der Waals surface area contributed by atoms with Gasteiger partial charge in [-0.15, -0.1) is 0 Å². The molecule has 2 N–H and O–H groups in total. The molecule has 5 heteroatoms. The average molecular weight is 354 g/mol. The molecule has 0 spiro atoms. The van der Waals surface area contributed by atoms with Crippen LogP contribution in [0.1, 0.15) is 0 Å². The van der Waals surface area contributed by atoms with Crippen molar-refractivity contribution in [3.05, 3.63) is 7.16 Å². The second-order valence-corrected chi connectivity index (χ2v) is 3.56. The average Bonchev–Trinajstić information content (AvgIpc) is 1.84. The molecule has 0 heterocycles. The van der Waals surface area contributed by atoms with Crippen LogP contribution in [0.5, 0.6) is 0 Å². The number of carboxylic acids is 1. The minimum atomic E-state index is -0.992. The Morgan fingerprint density at radius 2 is 1.89 bits per heavy atom. The summed E-state index contributed by atoms with van der Waals surface area (Å²) in [5.74, 6) is -0.992. The summed E-state index contributed by atoms with van der Waals surface area (Å²) in [4.78, 5) is 10.1. The number of rotatable bonds is 2. The van der Waals surface area contributed by atoms with Crippen molar-refractivity contribution >= 4 is 51.2 Å². The van der Waals surface area contributed by atoms with E-state index in [9.17, 15) is 4.79 Å². The Morgan fingerprint density at radius 3 is 2.00 bits per heavy atom. The second kappa shape index (κ2) is 4.45. The van der Waals surface area contributed by atoms with Crippen LogP contribution in [0.25, 0.3) is 0 Å². The van der Waals surface area contributed by atoms with Crippen molar-refractivity contribution in [1.82, 2.24) is 0 Å². The topological polar surface area (TPSA) is 57.5 Å².